The molecular weight excluding hydrogens is 517 g/mol. The van der Waals surface area contributed by atoms with E-state index in [1.165, 1.54) is 10.6 Å². The molecule has 5 heterocycles. The highest BCUT2D eigenvalue weighted by Crippen LogP contribution is 2.50. The van der Waals surface area contributed by atoms with E-state index < -0.39 is 43.5 Å². The molecule has 188 valence electrons. The number of benzene rings is 1. The Bertz CT molecular complexity index is 1710. The molecule has 0 aliphatic carbocycles. The van der Waals surface area contributed by atoms with Crippen molar-refractivity contribution >= 4 is 47.7 Å². The van der Waals surface area contributed by atoms with Crippen LogP contribution in [-0.4, -0.2) is 49.5 Å². The second-order valence-electron chi connectivity index (χ2n) is 8.26. The minimum absolute atomic E-state index is 0. The zero-order chi connectivity index (χ0) is 25.4. The van der Waals surface area contributed by atoms with Crippen LogP contribution in [0.1, 0.15) is 13.2 Å². The molecule has 2 fully saturated rings. The van der Waals surface area contributed by atoms with Crippen molar-refractivity contribution in [1.29, 1.82) is 0 Å². The fraction of sp³-hybridized carbons (Fsp3) is 0.300. The summed E-state index contributed by atoms with van der Waals surface area (Å²) >= 11 is 1.08. The molecule has 2 saturated heterocycles. The Labute approximate surface area is 206 Å². The largest absolute Gasteiger partial charge is 1.00 e. The number of nitrogens with zero attached hydrogens (tertiary/aromatic N) is 3. The van der Waals surface area contributed by atoms with Gasteiger partial charge in [0.15, 0.2) is 22.5 Å². The molecule has 0 amide bonds. The molecule has 3 unspecified atom stereocenters. The number of anilines is 1. The van der Waals surface area contributed by atoms with Crippen LogP contribution in [0.25, 0.3) is 22.1 Å². The van der Waals surface area contributed by atoms with Gasteiger partial charge in [-0.2, -0.15) is 4.98 Å². The molecule has 4 aromatic rings. The second-order valence-corrected chi connectivity index (χ2v) is 10.7. The van der Waals surface area contributed by atoms with Crippen LogP contribution in [0, 0.1) is 6.92 Å². The van der Waals surface area contributed by atoms with Crippen LogP contribution < -0.4 is 21.8 Å². The third-order valence-corrected chi connectivity index (χ3v) is 7.81. The quantitative estimate of drug-likeness (QED) is 0.242. The van der Waals surface area contributed by atoms with Crippen molar-refractivity contribution in [2.24, 2.45) is 0 Å². The Morgan fingerprint density at radius 2 is 2.14 bits per heavy atom. The number of phosphoric acid groups is 1. The monoisotopic (exact) mass is 535 g/mol. The Morgan fingerprint density at radius 1 is 1.33 bits per heavy atom. The number of aliphatic hydroxyl groups excluding tert-OH is 1. The summed E-state index contributed by atoms with van der Waals surface area (Å²) < 4.78 is 34.0. The maximum atomic E-state index is 12.6. The van der Waals surface area contributed by atoms with Crippen LogP contribution >= 0.6 is 19.6 Å². The summed E-state index contributed by atoms with van der Waals surface area (Å²) in [5, 5.41) is 11.9. The van der Waals surface area contributed by atoms with Gasteiger partial charge in [-0.3, -0.25) is 18.9 Å². The summed E-state index contributed by atoms with van der Waals surface area (Å²) in [4.78, 5) is 47.7. The number of nitrogens with two attached hydrogens (primary N) is 1. The fourth-order valence-corrected chi connectivity index (χ4v) is 6.19. The zero-order valence-electron chi connectivity index (χ0n) is 19.3. The van der Waals surface area contributed by atoms with E-state index in [9.17, 15) is 24.2 Å². The number of phosphoric ester groups is 1. The highest BCUT2D eigenvalue weighted by Gasteiger charge is 2.51. The van der Waals surface area contributed by atoms with Gasteiger partial charge in [0.1, 0.15) is 23.9 Å². The number of fused-ring (bicyclic) bond motifs is 3. The lowest BCUT2D eigenvalue weighted by molar-refractivity contribution is -0.245. The SMILES string of the molecule is Cc1cc(=O)oc2cc(Sc3nc4c(=O)[nH]c(N)nc4n3[C@@H]3OC4COP(=O)([O-])O[C@H]4C3O)ccc12.[H+]. The van der Waals surface area contributed by atoms with Crippen LogP contribution in [0.2, 0.25) is 0 Å². The minimum Gasteiger partial charge on any atom is -0.756 e. The van der Waals surface area contributed by atoms with Crippen LogP contribution in [0.4, 0.5) is 5.95 Å². The molecule has 14 nitrogen and oxygen atoms in total. The number of nitrogen functional groups attached to an aromatic ring is 1. The number of aromatic nitrogens is 4. The third-order valence-electron chi connectivity index (χ3n) is 5.88. The number of ether oxygens (including phenoxy) is 1. The molecule has 2 aliphatic heterocycles. The predicted molar refractivity (Wildman–Crippen MR) is 123 cm³/mol. The van der Waals surface area contributed by atoms with Crippen molar-refractivity contribution in [1.82, 2.24) is 19.5 Å². The van der Waals surface area contributed by atoms with E-state index in [1.54, 1.807) is 25.1 Å². The number of hydrogen-bond acceptors (Lipinski definition) is 13. The van der Waals surface area contributed by atoms with Gasteiger partial charge in [0.2, 0.25) is 5.95 Å². The lowest BCUT2D eigenvalue weighted by Gasteiger charge is -2.34. The molecule has 6 rings (SSSR count). The molecule has 3 aromatic heterocycles. The second kappa shape index (κ2) is 8.24. The molecule has 1 aromatic carbocycles. The molecular formula is C20H18N5O9PS. The van der Waals surface area contributed by atoms with Crippen molar-refractivity contribution in [3.8, 4) is 0 Å². The summed E-state index contributed by atoms with van der Waals surface area (Å²) in [6.07, 6.45) is -4.85. The first-order valence-corrected chi connectivity index (χ1v) is 12.8. The molecule has 4 N–H and O–H groups in total. The first-order chi connectivity index (χ1) is 17.1. The Kier molecular flexibility index (Phi) is 5.35. The van der Waals surface area contributed by atoms with Crippen LogP contribution in [-0.2, 0) is 18.3 Å². The van der Waals surface area contributed by atoms with Gasteiger partial charge in [-0.05, 0) is 30.7 Å². The zero-order valence-corrected chi connectivity index (χ0v) is 20.0. The van der Waals surface area contributed by atoms with Gasteiger partial charge in [-0.1, -0.05) is 11.8 Å². The van der Waals surface area contributed by atoms with E-state index in [0.717, 1.165) is 22.7 Å². The lowest BCUT2D eigenvalue weighted by Crippen LogP contribution is -2.41. The number of H-pyrrole nitrogens is 1. The van der Waals surface area contributed by atoms with Crippen molar-refractivity contribution in [3.05, 3.63) is 50.6 Å². The highest BCUT2D eigenvalue weighted by atomic mass is 32.2. The molecule has 0 spiro atoms. The van der Waals surface area contributed by atoms with E-state index >= 15 is 0 Å². The van der Waals surface area contributed by atoms with E-state index in [2.05, 4.69) is 15.0 Å². The first-order valence-electron chi connectivity index (χ1n) is 10.6. The number of hydrogen-bond donors (Lipinski definition) is 3. The van der Waals surface area contributed by atoms with Crippen LogP contribution in [0.15, 0.2) is 48.3 Å². The first kappa shape index (κ1) is 23.4. The molecule has 0 saturated carbocycles. The highest BCUT2D eigenvalue weighted by molar-refractivity contribution is 7.99. The van der Waals surface area contributed by atoms with Gasteiger partial charge >= 0.3 is 7.05 Å². The van der Waals surface area contributed by atoms with Crippen molar-refractivity contribution < 1.29 is 34.2 Å². The van der Waals surface area contributed by atoms with Crippen molar-refractivity contribution in [2.45, 2.75) is 41.5 Å². The molecule has 0 bridgehead atoms. The number of nitrogens with one attached hydrogen (secondary N) is 1. The maximum Gasteiger partial charge on any atom is 1.00 e. The number of aliphatic hydroxyl groups is 1. The Morgan fingerprint density at radius 3 is 2.94 bits per heavy atom. The summed E-state index contributed by atoms with van der Waals surface area (Å²) in [6.45, 7) is 1.44. The molecule has 36 heavy (non-hydrogen) atoms. The van der Waals surface area contributed by atoms with E-state index in [0.29, 0.717) is 10.5 Å². The molecule has 16 heteroatoms. The summed E-state index contributed by atoms with van der Waals surface area (Å²) in [5.41, 5.74) is 5.67. The van der Waals surface area contributed by atoms with E-state index in [-0.39, 0.29) is 30.3 Å². The van der Waals surface area contributed by atoms with Crippen LogP contribution in [0.3, 0.4) is 0 Å². The molecule has 0 radical (unpaired) electrons. The normalized spacial score (nSPS) is 28.1. The topological polar surface area (TPSA) is 208 Å². The Hall–Kier alpha value is -3.04. The fourth-order valence-electron chi connectivity index (χ4n) is 4.30. The predicted octanol–water partition coefficient (Wildman–Crippen LogP) is 0.522. The van der Waals surface area contributed by atoms with E-state index in [1.807, 2.05) is 0 Å². The number of imidazole rings is 1. The smallest absolute Gasteiger partial charge is 0.756 e. The van der Waals surface area contributed by atoms with E-state index in [4.69, 9.17) is 23.9 Å². The summed E-state index contributed by atoms with van der Waals surface area (Å²) in [5.74, 6) is -0.193. The van der Waals surface area contributed by atoms with Crippen LogP contribution in [0.5, 0.6) is 0 Å². The van der Waals surface area contributed by atoms with Gasteiger partial charge in [0, 0.05) is 16.3 Å². The average molecular weight is 535 g/mol. The number of rotatable bonds is 3. The molecule has 5 atom stereocenters. The van der Waals surface area contributed by atoms with Gasteiger partial charge in [0.05, 0.1) is 6.61 Å². The third kappa shape index (κ3) is 3.85. The maximum absolute atomic E-state index is 12.6. The standard InChI is InChI=1S/C20H18N5O9PS/c1-7-4-12(26)32-10-5-8(2-3-9(7)10)36-20-22-13-16(23-19(21)24-17(13)28)25(20)18-14(27)15-11(33-18)6-31-35(29,30)34-15/h2-5,11,14-15,18,27H,6H2,1H3,(H,29,30)(H3,21,23,24,28)/t11?,14?,15-,18-/m1/s1. The minimum atomic E-state index is -4.61. The number of aromatic amines is 1. The average Bonchev–Trinajstić information content (AvgIpc) is 3.30. The Balaban J connectivity index is 0.00000280. The summed E-state index contributed by atoms with van der Waals surface area (Å²) in [6, 6.07) is 6.58. The lowest BCUT2D eigenvalue weighted by atomic mass is 10.1. The van der Waals surface area contributed by atoms with Gasteiger partial charge < -0.3 is 33.9 Å². The van der Waals surface area contributed by atoms with Gasteiger partial charge in [-0.25, -0.2) is 9.78 Å². The van der Waals surface area contributed by atoms with Gasteiger partial charge in [0.25, 0.3) is 13.4 Å². The molecule has 2 aliphatic rings. The van der Waals surface area contributed by atoms with Crippen molar-refractivity contribution in [2.75, 3.05) is 12.3 Å². The van der Waals surface area contributed by atoms with Crippen molar-refractivity contribution in [3.63, 3.8) is 0 Å². The summed E-state index contributed by atoms with van der Waals surface area (Å²) in [7, 11) is -4.61. The van der Waals surface area contributed by atoms with Gasteiger partial charge in [-0.15, -0.1) is 0 Å². The number of aryl methyl sites for hydroxylation is 1.